The lowest BCUT2D eigenvalue weighted by Gasteiger charge is -2.04. The van der Waals surface area contributed by atoms with Crippen molar-refractivity contribution in [3.05, 3.63) is 51.7 Å². The Hall–Kier alpha value is -1.88. The van der Waals surface area contributed by atoms with E-state index in [1.807, 2.05) is 13.8 Å². The van der Waals surface area contributed by atoms with Crippen molar-refractivity contribution in [2.24, 2.45) is 5.73 Å². The maximum atomic E-state index is 13.2. The van der Waals surface area contributed by atoms with E-state index in [1.165, 1.54) is 16.8 Å². The molecule has 18 heavy (non-hydrogen) atoms. The molecular weight excluding hydrogens is 233 g/mol. The number of aromatic nitrogens is 2. The van der Waals surface area contributed by atoms with Crippen molar-refractivity contribution in [1.82, 2.24) is 9.78 Å². The smallest absolute Gasteiger partial charge is 0.275 e. The van der Waals surface area contributed by atoms with Gasteiger partial charge in [0.1, 0.15) is 5.82 Å². The number of rotatable bonds is 3. The van der Waals surface area contributed by atoms with Crippen molar-refractivity contribution < 1.29 is 4.39 Å². The number of H-pyrrole nitrogens is 1. The molecule has 0 bridgehead atoms. The fourth-order valence-corrected chi connectivity index (χ4v) is 1.96. The van der Waals surface area contributed by atoms with Crippen LogP contribution in [0.2, 0.25) is 0 Å². The number of nitrogens with zero attached hydrogens (tertiary/aromatic N) is 1. The van der Waals surface area contributed by atoms with Gasteiger partial charge in [-0.3, -0.25) is 9.89 Å². The number of nitrogens with two attached hydrogens (primary N) is 1. The summed E-state index contributed by atoms with van der Waals surface area (Å²) in [6.45, 7) is 4.12. The van der Waals surface area contributed by atoms with Crippen LogP contribution in [0.1, 0.15) is 31.0 Å². The number of benzene rings is 1. The van der Waals surface area contributed by atoms with Gasteiger partial charge >= 0.3 is 0 Å². The van der Waals surface area contributed by atoms with E-state index in [0.29, 0.717) is 11.3 Å². The lowest BCUT2D eigenvalue weighted by molar-refractivity contribution is 0.624. The summed E-state index contributed by atoms with van der Waals surface area (Å²) in [6.07, 6.45) is 0. The monoisotopic (exact) mass is 249 g/mol. The second-order valence-electron chi connectivity index (χ2n) is 4.48. The van der Waals surface area contributed by atoms with Crippen molar-refractivity contribution in [2.75, 3.05) is 0 Å². The minimum atomic E-state index is -0.380. The van der Waals surface area contributed by atoms with Crippen molar-refractivity contribution in [1.29, 1.82) is 0 Å². The molecule has 5 heteroatoms. The molecule has 0 radical (unpaired) electrons. The van der Waals surface area contributed by atoms with Gasteiger partial charge in [-0.2, -0.15) is 0 Å². The number of halogens is 1. The summed E-state index contributed by atoms with van der Waals surface area (Å²) in [6, 6.07) is 5.88. The molecule has 1 aromatic heterocycles. The first-order valence-electron chi connectivity index (χ1n) is 5.84. The zero-order chi connectivity index (χ0) is 13.3. The Morgan fingerprint density at radius 2 is 2.17 bits per heavy atom. The van der Waals surface area contributed by atoms with Crippen LogP contribution in [-0.4, -0.2) is 9.78 Å². The molecule has 0 aliphatic rings. The molecule has 0 saturated heterocycles. The zero-order valence-electron chi connectivity index (χ0n) is 10.4. The summed E-state index contributed by atoms with van der Waals surface area (Å²) in [7, 11) is 0. The van der Waals surface area contributed by atoms with Crippen molar-refractivity contribution in [3.63, 3.8) is 0 Å². The Morgan fingerprint density at radius 3 is 2.67 bits per heavy atom. The highest BCUT2D eigenvalue weighted by Crippen LogP contribution is 2.16. The van der Waals surface area contributed by atoms with Gasteiger partial charge in [0, 0.05) is 12.2 Å². The van der Waals surface area contributed by atoms with E-state index in [0.717, 1.165) is 5.69 Å². The molecule has 2 aromatic rings. The van der Waals surface area contributed by atoms with Gasteiger partial charge in [0.25, 0.3) is 5.56 Å². The summed E-state index contributed by atoms with van der Waals surface area (Å²) in [5.41, 5.74) is 7.21. The van der Waals surface area contributed by atoms with Crippen LogP contribution < -0.4 is 11.3 Å². The highest BCUT2D eigenvalue weighted by Gasteiger charge is 2.16. The molecule has 0 fully saturated rings. The van der Waals surface area contributed by atoms with Gasteiger partial charge < -0.3 is 5.73 Å². The average molecular weight is 249 g/mol. The second kappa shape index (κ2) is 4.78. The molecule has 0 atom stereocenters. The average Bonchev–Trinajstić information content (AvgIpc) is 2.66. The van der Waals surface area contributed by atoms with Crippen LogP contribution in [-0.2, 0) is 6.54 Å². The molecule has 1 heterocycles. The van der Waals surface area contributed by atoms with Gasteiger partial charge in [0.15, 0.2) is 0 Å². The van der Waals surface area contributed by atoms with Crippen molar-refractivity contribution >= 4 is 0 Å². The first kappa shape index (κ1) is 12.6. The summed E-state index contributed by atoms with van der Waals surface area (Å²) in [5.74, 6) is -0.222. The lowest BCUT2D eigenvalue weighted by Crippen LogP contribution is -2.19. The minimum absolute atomic E-state index is 0.158. The molecule has 96 valence electrons. The molecular formula is C13H16FN3O. The molecule has 0 saturated carbocycles. The van der Waals surface area contributed by atoms with Gasteiger partial charge in [0.05, 0.1) is 11.3 Å². The first-order valence-corrected chi connectivity index (χ1v) is 5.84. The summed E-state index contributed by atoms with van der Waals surface area (Å²) in [4.78, 5) is 12.2. The van der Waals surface area contributed by atoms with Crippen LogP contribution in [0.25, 0.3) is 5.69 Å². The van der Waals surface area contributed by atoms with E-state index >= 15 is 0 Å². The maximum Gasteiger partial charge on any atom is 0.275 e. The highest BCUT2D eigenvalue weighted by atomic mass is 19.1. The topological polar surface area (TPSA) is 63.8 Å². The Bertz CT molecular complexity index is 613. The third kappa shape index (κ3) is 2.09. The Morgan fingerprint density at radius 1 is 1.44 bits per heavy atom. The standard InChI is InChI=1S/C13H16FN3O/c1-8(2)12-11(7-15)13(18)17(16-12)10-5-3-4-9(14)6-10/h3-6,8,16H,7,15H2,1-2H3. The molecule has 0 spiro atoms. The molecule has 0 aliphatic heterocycles. The third-order valence-corrected chi connectivity index (χ3v) is 2.87. The number of aromatic amines is 1. The van der Waals surface area contributed by atoms with Crippen molar-refractivity contribution in [3.8, 4) is 5.69 Å². The fraction of sp³-hybridized carbons (Fsp3) is 0.308. The highest BCUT2D eigenvalue weighted by molar-refractivity contribution is 5.34. The molecule has 3 N–H and O–H groups in total. The lowest BCUT2D eigenvalue weighted by atomic mass is 10.1. The quantitative estimate of drug-likeness (QED) is 0.872. The van der Waals surface area contributed by atoms with Crippen LogP contribution in [0, 0.1) is 5.82 Å². The van der Waals surface area contributed by atoms with Gasteiger partial charge in [-0.1, -0.05) is 19.9 Å². The van der Waals surface area contributed by atoms with Crippen LogP contribution in [0.5, 0.6) is 0 Å². The van der Waals surface area contributed by atoms with Crippen LogP contribution in [0.3, 0.4) is 0 Å². The van der Waals surface area contributed by atoms with E-state index in [4.69, 9.17) is 5.73 Å². The van der Waals surface area contributed by atoms with Gasteiger partial charge in [-0.15, -0.1) is 0 Å². The van der Waals surface area contributed by atoms with Crippen molar-refractivity contribution in [2.45, 2.75) is 26.3 Å². The minimum Gasteiger partial charge on any atom is -0.326 e. The third-order valence-electron chi connectivity index (χ3n) is 2.87. The van der Waals surface area contributed by atoms with Gasteiger partial charge in [0.2, 0.25) is 0 Å². The Kier molecular flexibility index (Phi) is 3.34. The largest absolute Gasteiger partial charge is 0.326 e. The summed E-state index contributed by atoms with van der Waals surface area (Å²) in [5, 5.41) is 3.00. The number of hydrogen-bond acceptors (Lipinski definition) is 2. The van der Waals surface area contributed by atoms with E-state index in [1.54, 1.807) is 12.1 Å². The molecule has 4 nitrogen and oxygen atoms in total. The predicted molar refractivity (Wildman–Crippen MR) is 68.3 cm³/mol. The van der Waals surface area contributed by atoms with Crippen LogP contribution >= 0.6 is 0 Å². The Labute approximate surface area is 104 Å². The van der Waals surface area contributed by atoms with E-state index in [-0.39, 0.29) is 23.8 Å². The van der Waals surface area contributed by atoms with Gasteiger partial charge in [-0.05, 0) is 24.1 Å². The molecule has 0 amide bonds. The number of hydrogen-bond donors (Lipinski definition) is 2. The number of nitrogens with one attached hydrogen (secondary N) is 1. The van der Waals surface area contributed by atoms with Crippen LogP contribution in [0.15, 0.2) is 29.1 Å². The molecule has 0 unspecified atom stereocenters. The molecule has 1 aromatic carbocycles. The van der Waals surface area contributed by atoms with E-state index < -0.39 is 0 Å². The Balaban J connectivity index is 2.63. The second-order valence-corrected chi connectivity index (χ2v) is 4.48. The molecule has 2 rings (SSSR count). The zero-order valence-corrected chi connectivity index (χ0v) is 10.4. The van der Waals surface area contributed by atoms with E-state index in [2.05, 4.69) is 5.10 Å². The van der Waals surface area contributed by atoms with E-state index in [9.17, 15) is 9.18 Å². The molecule has 0 aliphatic carbocycles. The SMILES string of the molecule is CC(C)c1[nH]n(-c2cccc(F)c2)c(=O)c1CN. The van der Waals surface area contributed by atoms with Crippen LogP contribution in [0.4, 0.5) is 4.39 Å². The normalized spacial score (nSPS) is 11.2. The maximum absolute atomic E-state index is 13.2. The summed E-state index contributed by atoms with van der Waals surface area (Å²) >= 11 is 0. The fourth-order valence-electron chi connectivity index (χ4n) is 1.96. The predicted octanol–water partition coefficient (Wildman–Crippen LogP) is 1.89. The van der Waals surface area contributed by atoms with Gasteiger partial charge in [-0.25, -0.2) is 9.07 Å². The first-order chi connectivity index (χ1) is 8.54. The summed E-state index contributed by atoms with van der Waals surface area (Å²) < 4.78 is 14.5.